The number of carbonyl (C=O) groups excluding carboxylic acids is 1. The van der Waals surface area contributed by atoms with E-state index in [-0.39, 0.29) is 12.1 Å². The molecule has 4 rings (SSSR count). The molecule has 1 saturated heterocycles. The van der Waals surface area contributed by atoms with E-state index in [0.717, 1.165) is 43.9 Å². The summed E-state index contributed by atoms with van der Waals surface area (Å²) in [5.41, 5.74) is 6.77. The Balaban J connectivity index is 1.24. The number of nitrogens with two attached hydrogens (primary N) is 1. The number of fused-ring (bicyclic) bond motifs is 3. The van der Waals surface area contributed by atoms with E-state index in [1.807, 2.05) is 4.68 Å². The van der Waals surface area contributed by atoms with Crippen molar-refractivity contribution in [3.8, 4) is 5.75 Å². The normalized spacial score (nSPS) is 22.5. The Morgan fingerprint density at radius 3 is 3.00 bits per heavy atom. The van der Waals surface area contributed by atoms with Gasteiger partial charge in [-0.1, -0.05) is 5.21 Å². The highest BCUT2D eigenvalue weighted by Gasteiger charge is 2.36. The van der Waals surface area contributed by atoms with E-state index in [1.54, 1.807) is 30.5 Å². The molecule has 0 saturated carbocycles. The Labute approximate surface area is 151 Å². The Kier molecular flexibility index (Phi) is 4.85. The van der Waals surface area contributed by atoms with Crippen LogP contribution in [0.5, 0.6) is 5.75 Å². The van der Waals surface area contributed by atoms with Crippen LogP contribution in [0.3, 0.4) is 0 Å². The van der Waals surface area contributed by atoms with Crippen molar-refractivity contribution in [2.45, 2.75) is 31.6 Å². The number of amides is 1. The highest BCUT2D eigenvalue weighted by Crippen LogP contribution is 2.29. The number of piperidine rings is 1. The second-order valence-corrected chi connectivity index (χ2v) is 6.77. The van der Waals surface area contributed by atoms with Gasteiger partial charge in [0.2, 0.25) is 5.91 Å². The van der Waals surface area contributed by atoms with Gasteiger partial charge in [-0.2, -0.15) is 0 Å². The van der Waals surface area contributed by atoms with Gasteiger partial charge in [0.05, 0.1) is 37.3 Å². The van der Waals surface area contributed by atoms with Crippen molar-refractivity contribution in [1.82, 2.24) is 19.9 Å². The summed E-state index contributed by atoms with van der Waals surface area (Å²) in [6.07, 6.45) is 3.96. The Hall–Kier alpha value is -2.45. The van der Waals surface area contributed by atoms with Crippen molar-refractivity contribution in [1.29, 1.82) is 0 Å². The van der Waals surface area contributed by atoms with Crippen LogP contribution in [-0.4, -0.2) is 58.1 Å². The van der Waals surface area contributed by atoms with Gasteiger partial charge < -0.3 is 20.1 Å². The van der Waals surface area contributed by atoms with Crippen molar-refractivity contribution < 1.29 is 14.3 Å². The minimum Gasteiger partial charge on any atom is -0.494 e. The molecule has 1 aromatic carbocycles. The zero-order valence-electron chi connectivity index (χ0n) is 14.6. The molecule has 0 aliphatic carbocycles. The summed E-state index contributed by atoms with van der Waals surface area (Å²) in [4.78, 5) is 13.5. The average Bonchev–Trinajstić information content (AvgIpc) is 3.15. The Bertz CT molecular complexity index is 760. The molecular formula is C18H23N5O3. The first-order chi connectivity index (χ1) is 12.7. The van der Waals surface area contributed by atoms with Crippen molar-refractivity contribution in [2.75, 3.05) is 26.2 Å². The lowest BCUT2D eigenvalue weighted by Crippen LogP contribution is -2.48. The lowest BCUT2D eigenvalue weighted by molar-refractivity contribution is -0.0659. The molecule has 8 heteroatoms. The quantitative estimate of drug-likeness (QED) is 0.775. The molecule has 1 fully saturated rings. The molecule has 2 unspecified atom stereocenters. The maximum absolute atomic E-state index is 11.1. The van der Waals surface area contributed by atoms with Crippen LogP contribution in [0, 0.1) is 0 Å². The van der Waals surface area contributed by atoms with Gasteiger partial charge in [0.25, 0.3) is 0 Å². The molecule has 2 aromatic rings. The van der Waals surface area contributed by atoms with Crippen molar-refractivity contribution in [2.24, 2.45) is 5.73 Å². The molecule has 2 aliphatic rings. The van der Waals surface area contributed by atoms with Gasteiger partial charge in [0.15, 0.2) is 0 Å². The van der Waals surface area contributed by atoms with Crippen LogP contribution >= 0.6 is 0 Å². The maximum atomic E-state index is 11.1. The van der Waals surface area contributed by atoms with E-state index in [1.165, 1.54) is 0 Å². The first-order valence-corrected chi connectivity index (χ1v) is 8.96. The third-order valence-electron chi connectivity index (χ3n) is 5.04. The summed E-state index contributed by atoms with van der Waals surface area (Å²) in [7, 11) is 0. The average molecular weight is 357 g/mol. The van der Waals surface area contributed by atoms with Crippen LogP contribution in [0.15, 0.2) is 30.5 Å². The first kappa shape index (κ1) is 17.0. The predicted molar refractivity (Wildman–Crippen MR) is 93.8 cm³/mol. The number of aromatic nitrogens is 3. The van der Waals surface area contributed by atoms with Gasteiger partial charge in [-0.3, -0.25) is 4.79 Å². The third-order valence-corrected chi connectivity index (χ3v) is 5.04. The van der Waals surface area contributed by atoms with Gasteiger partial charge in [0.1, 0.15) is 5.75 Å². The predicted octanol–water partition coefficient (Wildman–Crippen LogP) is 0.992. The molecule has 2 aliphatic heterocycles. The van der Waals surface area contributed by atoms with Gasteiger partial charge in [-0.25, -0.2) is 4.68 Å². The van der Waals surface area contributed by atoms with Crippen LogP contribution < -0.4 is 10.5 Å². The summed E-state index contributed by atoms with van der Waals surface area (Å²) in [6.45, 7) is 4.15. The second kappa shape index (κ2) is 7.43. The number of primary amides is 1. The molecule has 8 nitrogen and oxygen atoms in total. The Morgan fingerprint density at radius 1 is 1.35 bits per heavy atom. The monoisotopic (exact) mass is 357 g/mol. The summed E-state index contributed by atoms with van der Waals surface area (Å²) >= 11 is 0. The number of nitrogens with zero attached hydrogens (tertiary/aromatic N) is 4. The molecule has 1 aromatic heterocycles. The molecule has 2 N–H and O–H groups in total. The zero-order chi connectivity index (χ0) is 17.9. The zero-order valence-corrected chi connectivity index (χ0v) is 14.6. The molecular weight excluding hydrogens is 334 g/mol. The third kappa shape index (κ3) is 3.56. The highest BCUT2D eigenvalue weighted by atomic mass is 16.5. The van der Waals surface area contributed by atoms with Crippen LogP contribution in [-0.2, 0) is 11.3 Å². The number of ether oxygens (including phenoxy) is 2. The fourth-order valence-electron chi connectivity index (χ4n) is 3.64. The van der Waals surface area contributed by atoms with E-state index in [2.05, 4.69) is 15.2 Å². The van der Waals surface area contributed by atoms with Crippen LogP contribution in [0.4, 0.5) is 0 Å². The van der Waals surface area contributed by atoms with Gasteiger partial charge in [0, 0.05) is 25.2 Å². The summed E-state index contributed by atoms with van der Waals surface area (Å²) in [5, 5.41) is 8.24. The number of rotatable bonds is 6. The lowest BCUT2D eigenvalue weighted by atomic mass is 10.0. The molecule has 2 atom stereocenters. The fraction of sp³-hybridized carbons (Fsp3) is 0.500. The minimum absolute atomic E-state index is 0.237. The van der Waals surface area contributed by atoms with Crippen LogP contribution in [0.1, 0.15) is 34.9 Å². The Morgan fingerprint density at radius 2 is 2.19 bits per heavy atom. The van der Waals surface area contributed by atoms with Gasteiger partial charge in [-0.15, -0.1) is 5.10 Å². The molecule has 3 heterocycles. The van der Waals surface area contributed by atoms with E-state index in [9.17, 15) is 4.79 Å². The molecule has 26 heavy (non-hydrogen) atoms. The molecule has 0 bridgehead atoms. The summed E-state index contributed by atoms with van der Waals surface area (Å²) in [6, 6.07) is 7.16. The number of hydrogen-bond acceptors (Lipinski definition) is 6. The molecule has 0 spiro atoms. The number of hydrogen-bond donors (Lipinski definition) is 1. The highest BCUT2D eigenvalue weighted by molar-refractivity contribution is 5.92. The largest absolute Gasteiger partial charge is 0.494 e. The van der Waals surface area contributed by atoms with Crippen molar-refractivity contribution in [3.05, 3.63) is 41.7 Å². The van der Waals surface area contributed by atoms with Crippen molar-refractivity contribution in [3.63, 3.8) is 0 Å². The van der Waals surface area contributed by atoms with Crippen molar-refractivity contribution >= 4 is 5.91 Å². The van der Waals surface area contributed by atoms with E-state index < -0.39 is 5.91 Å². The number of carbonyl (C=O) groups is 1. The lowest BCUT2D eigenvalue weighted by Gasteiger charge is -2.41. The van der Waals surface area contributed by atoms with E-state index in [0.29, 0.717) is 18.8 Å². The standard InChI is InChI=1S/C18H23N5O3/c19-18(24)13-2-4-15(5-3-13)25-9-1-7-22-8-6-17-16(11-22)23-14(12-26-17)10-20-21-23/h2-5,10,16-17H,1,6-9,11-12H2,(H2,19,24). The number of likely N-dealkylation sites (tertiary alicyclic amines) is 1. The van der Waals surface area contributed by atoms with Crippen LogP contribution in [0.2, 0.25) is 0 Å². The minimum atomic E-state index is -0.429. The maximum Gasteiger partial charge on any atom is 0.248 e. The van der Waals surface area contributed by atoms with Gasteiger partial charge >= 0.3 is 0 Å². The molecule has 1 amide bonds. The SMILES string of the molecule is NC(=O)c1ccc(OCCCN2CCC3OCc4cnnn4C3C2)cc1. The van der Waals surface area contributed by atoms with E-state index >= 15 is 0 Å². The topological polar surface area (TPSA) is 95.5 Å². The first-order valence-electron chi connectivity index (χ1n) is 8.96. The second-order valence-electron chi connectivity index (χ2n) is 6.77. The summed E-state index contributed by atoms with van der Waals surface area (Å²) < 4.78 is 13.7. The molecule has 138 valence electrons. The number of benzene rings is 1. The fourth-order valence-corrected chi connectivity index (χ4v) is 3.64. The smallest absolute Gasteiger partial charge is 0.248 e. The van der Waals surface area contributed by atoms with Crippen LogP contribution in [0.25, 0.3) is 0 Å². The van der Waals surface area contributed by atoms with Gasteiger partial charge in [-0.05, 0) is 37.1 Å². The molecule has 0 radical (unpaired) electrons. The summed E-state index contributed by atoms with van der Waals surface area (Å²) in [5.74, 6) is 0.323. The van der Waals surface area contributed by atoms with E-state index in [4.69, 9.17) is 15.2 Å².